The van der Waals surface area contributed by atoms with E-state index in [4.69, 9.17) is 22.1 Å². The Balaban J connectivity index is 1.74. The van der Waals surface area contributed by atoms with E-state index in [1.54, 1.807) is 37.3 Å². The number of ether oxygens (including phenoxy) is 1. The number of para-hydroxylation sites is 1. The van der Waals surface area contributed by atoms with Crippen molar-refractivity contribution in [3.8, 4) is 5.75 Å². The summed E-state index contributed by atoms with van der Waals surface area (Å²) in [6.07, 6.45) is 3.70. The number of benzene rings is 2. The molecule has 0 saturated carbocycles. The number of halogens is 1. The number of carbonyl (C=O) groups excluding carboxylic acids is 2. The van der Waals surface area contributed by atoms with Gasteiger partial charge in [0, 0.05) is 20.2 Å². The molecule has 211 valence electrons. The first kappa shape index (κ1) is 29.2. The van der Waals surface area contributed by atoms with Gasteiger partial charge in [0.25, 0.3) is 0 Å². The van der Waals surface area contributed by atoms with E-state index in [1.807, 2.05) is 0 Å². The van der Waals surface area contributed by atoms with Gasteiger partial charge in [-0.2, -0.15) is 4.98 Å². The second kappa shape index (κ2) is 11.4. The predicted molar refractivity (Wildman–Crippen MR) is 153 cm³/mol. The Morgan fingerprint density at radius 2 is 1.90 bits per heavy atom. The zero-order chi connectivity index (χ0) is 29.2. The molecule has 3 amide bonds. The molecule has 14 heteroatoms. The van der Waals surface area contributed by atoms with E-state index in [1.165, 1.54) is 39.9 Å². The number of hydrogen-bond donors (Lipinski definition) is 3. The summed E-state index contributed by atoms with van der Waals surface area (Å²) in [6, 6.07) is 8.95. The lowest BCUT2D eigenvalue weighted by atomic mass is 10.0. The summed E-state index contributed by atoms with van der Waals surface area (Å²) in [5.41, 5.74) is 7.62. The van der Waals surface area contributed by atoms with Crippen LogP contribution in [0.3, 0.4) is 0 Å². The van der Waals surface area contributed by atoms with Crippen LogP contribution in [0.4, 0.5) is 33.6 Å². The standard InChI is InChI=1S/C26H29ClN7O5S/c1-5-34(25(28)36)20-14-13-19(23(39-4)16(20)9-8-12-22(34)35)31-26-29-15-17(27)24(32-26)30-18-10-6-7-11-21(18)40(37,38)33(2)3/h6-7,10-15H,5,8-9H2,1-4H3,(H3-,28,29,30,31,32,36)/p+1. The molecule has 0 bridgehead atoms. The van der Waals surface area contributed by atoms with E-state index >= 15 is 0 Å². The molecular weight excluding hydrogens is 558 g/mol. The predicted octanol–water partition coefficient (Wildman–Crippen LogP) is 3.96. The normalized spacial score (nSPS) is 17.2. The van der Waals surface area contributed by atoms with Gasteiger partial charge >= 0.3 is 11.9 Å². The second-order valence-electron chi connectivity index (χ2n) is 9.11. The average molecular weight is 588 g/mol. The number of sulfonamides is 1. The summed E-state index contributed by atoms with van der Waals surface area (Å²) in [6.45, 7) is 1.87. The Hall–Kier alpha value is -3.78. The van der Waals surface area contributed by atoms with Crippen LogP contribution >= 0.6 is 11.6 Å². The van der Waals surface area contributed by atoms with Crippen molar-refractivity contribution in [3.63, 3.8) is 0 Å². The van der Waals surface area contributed by atoms with Gasteiger partial charge in [-0.05, 0) is 38.0 Å². The minimum absolute atomic E-state index is 0.0509. The molecule has 3 aromatic rings. The summed E-state index contributed by atoms with van der Waals surface area (Å²) in [5, 5.41) is 6.26. The number of hydrogen-bond acceptors (Lipinski definition) is 9. The number of nitrogens with zero attached hydrogens (tertiary/aromatic N) is 4. The van der Waals surface area contributed by atoms with E-state index < -0.39 is 20.5 Å². The van der Waals surface area contributed by atoms with Gasteiger partial charge in [0.05, 0.1) is 43.2 Å². The zero-order valence-corrected chi connectivity index (χ0v) is 24.0. The molecule has 12 nitrogen and oxygen atoms in total. The van der Waals surface area contributed by atoms with Crippen LogP contribution in [0.15, 0.2) is 47.5 Å². The number of nitrogens with one attached hydrogen (secondary N) is 2. The van der Waals surface area contributed by atoms with Gasteiger partial charge in [-0.15, -0.1) is 4.48 Å². The summed E-state index contributed by atoms with van der Waals surface area (Å²) in [4.78, 5) is 34.3. The quantitative estimate of drug-likeness (QED) is 0.332. The summed E-state index contributed by atoms with van der Waals surface area (Å²) in [5.74, 6) is 0.337. The number of carbonyl (C=O) groups is 2. The van der Waals surface area contributed by atoms with Crippen LogP contribution in [-0.2, 0) is 21.2 Å². The van der Waals surface area contributed by atoms with Crippen LogP contribution in [0.25, 0.3) is 0 Å². The average Bonchev–Trinajstić information content (AvgIpc) is 3.06. The van der Waals surface area contributed by atoms with Crippen molar-refractivity contribution in [2.45, 2.75) is 24.7 Å². The van der Waals surface area contributed by atoms with E-state index in [0.29, 0.717) is 35.5 Å². The molecule has 2 heterocycles. The van der Waals surface area contributed by atoms with Crippen molar-refractivity contribution in [2.24, 2.45) is 5.73 Å². The molecule has 4 N–H and O–H groups in total. The van der Waals surface area contributed by atoms with Crippen molar-refractivity contribution in [3.05, 3.63) is 59.6 Å². The molecule has 1 aliphatic rings. The van der Waals surface area contributed by atoms with Crippen molar-refractivity contribution in [1.82, 2.24) is 18.8 Å². The zero-order valence-electron chi connectivity index (χ0n) is 22.4. The maximum absolute atomic E-state index is 13.0. The Morgan fingerprint density at radius 3 is 2.55 bits per heavy atom. The lowest BCUT2D eigenvalue weighted by molar-refractivity contribution is -0.124. The third kappa shape index (κ3) is 5.08. The molecule has 2 aromatic carbocycles. The minimum atomic E-state index is -3.75. The molecule has 1 aromatic heterocycles. The number of rotatable bonds is 8. The molecule has 1 aliphatic heterocycles. The molecule has 40 heavy (non-hydrogen) atoms. The fourth-order valence-corrected chi connectivity index (χ4v) is 5.81. The van der Waals surface area contributed by atoms with Gasteiger partial charge in [0.2, 0.25) is 16.0 Å². The SMILES string of the molecule is CC[N+]1(C(N)=O)C(=O)[CH]CCc2c1ccc(Nc1ncc(Cl)c(Nc3ccccc3S(=O)(=O)N(C)C)n1)c2OC. The van der Waals surface area contributed by atoms with Gasteiger partial charge in [0.1, 0.15) is 9.92 Å². The van der Waals surface area contributed by atoms with E-state index in [9.17, 15) is 18.0 Å². The second-order valence-corrected chi connectivity index (χ2v) is 11.6. The molecule has 1 atom stereocenters. The van der Waals surface area contributed by atoms with Crippen molar-refractivity contribution in [1.29, 1.82) is 0 Å². The Labute approximate surface area is 237 Å². The monoisotopic (exact) mass is 587 g/mol. The van der Waals surface area contributed by atoms with Crippen molar-refractivity contribution < 1.29 is 22.7 Å². The van der Waals surface area contributed by atoms with Crippen LogP contribution in [-0.4, -0.2) is 62.4 Å². The maximum atomic E-state index is 13.0. The highest BCUT2D eigenvalue weighted by atomic mass is 35.5. The maximum Gasteiger partial charge on any atom is 0.426 e. The fourth-order valence-electron chi connectivity index (χ4n) is 4.63. The topological polar surface area (TPSA) is 157 Å². The van der Waals surface area contributed by atoms with Crippen LogP contribution in [0.5, 0.6) is 5.75 Å². The third-order valence-electron chi connectivity index (χ3n) is 6.68. The van der Waals surface area contributed by atoms with Gasteiger partial charge in [0.15, 0.2) is 17.3 Å². The van der Waals surface area contributed by atoms with Gasteiger partial charge in [-0.25, -0.2) is 27.3 Å². The highest BCUT2D eigenvalue weighted by molar-refractivity contribution is 7.89. The molecule has 4 rings (SSSR count). The largest absolute Gasteiger partial charge is 0.494 e. The number of urea groups is 1. The molecular formula is C26H30ClN7O5S+. The first-order valence-electron chi connectivity index (χ1n) is 12.3. The van der Waals surface area contributed by atoms with Crippen LogP contribution < -0.4 is 25.6 Å². The number of nitrogens with two attached hydrogens (primary N) is 1. The Bertz CT molecular complexity index is 1580. The van der Waals surface area contributed by atoms with Crippen molar-refractivity contribution >= 4 is 62.4 Å². The van der Waals surface area contributed by atoms with Crippen LogP contribution in [0, 0.1) is 6.42 Å². The third-order valence-corrected chi connectivity index (χ3v) is 8.83. The van der Waals surface area contributed by atoms with Gasteiger partial charge < -0.3 is 21.1 Å². The lowest BCUT2D eigenvalue weighted by Gasteiger charge is -2.30. The lowest BCUT2D eigenvalue weighted by Crippen LogP contribution is -2.61. The van der Waals surface area contributed by atoms with E-state index in [-0.39, 0.29) is 39.8 Å². The number of primary amides is 1. The minimum Gasteiger partial charge on any atom is -0.494 e. The summed E-state index contributed by atoms with van der Waals surface area (Å²) < 4.78 is 31.8. The van der Waals surface area contributed by atoms with Crippen LogP contribution in [0.1, 0.15) is 18.9 Å². The highest BCUT2D eigenvalue weighted by Crippen LogP contribution is 2.43. The summed E-state index contributed by atoms with van der Waals surface area (Å²) >= 11 is 6.36. The summed E-state index contributed by atoms with van der Waals surface area (Å²) in [7, 11) is 0.625. The Morgan fingerprint density at radius 1 is 1.18 bits per heavy atom. The number of amides is 3. The fraction of sp³-hybridized carbons (Fsp3) is 0.269. The number of fused-ring (bicyclic) bond motifs is 1. The molecule has 0 aliphatic carbocycles. The number of aromatic nitrogens is 2. The molecule has 0 saturated heterocycles. The first-order chi connectivity index (χ1) is 19.0. The van der Waals surface area contributed by atoms with Gasteiger partial charge in [-0.3, -0.25) is 0 Å². The number of anilines is 4. The van der Waals surface area contributed by atoms with E-state index in [2.05, 4.69) is 20.6 Å². The first-order valence-corrected chi connectivity index (χ1v) is 14.1. The van der Waals surface area contributed by atoms with Crippen LogP contribution in [0.2, 0.25) is 5.02 Å². The molecule has 0 fully saturated rings. The number of imide groups is 1. The van der Waals surface area contributed by atoms with Gasteiger partial charge in [-0.1, -0.05) is 23.7 Å². The Kier molecular flexibility index (Phi) is 8.30. The molecule has 1 radical (unpaired) electrons. The molecule has 0 spiro atoms. The van der Waals surface area contributed by atoms with Crippen molar-refractivity contribution in [2.75, 3.05) is 38.4 Å². The smallest absolute Gasteiger partial charge is 0.426 e. The molecule has 1 unspecified atom stereocenters. The van der Waals surface area contributed by atoms with E-state index in [0.717, 1.165) is 4.31 Å². The number of quaternary nitrogens is 1. The highest BCUT2D eigenvalue weighted by Gasteiger charge is 2.47. The number of methoxy groups -OCH3 is 1.